The third-order valence-corrected chi connectivity index (χ3v) is 8.06. The number of amides is 3. The SMILES string of the molecule is CC1(C)S[C@@H]2[C@H](NC(=O)C(NC(=O)c3cnc4cccnc4c3O)c3ccccc3)C(=O)N2[C@H]1C(=O)O.[KH]. The van der Waals surface area contributed by atoms with Crippen LogP contribution in [-0.4, -0.2) is 122 Å². The Balaban J connectivity index is 0.00000336. The van der Waals surface area contributed by atoms with Crippen molar-refractivity contribution in [2.24, 2.45) is 0 Å². The molecule has 0 radical (unpaired) electrons. The number of thioether (sulfide) groups is 1. The molecule has 4 N–H and O–H groups in total. The first-order valence-corrected chi connectivity index (χ1v) is 12.3. The van der Waals surface area contributed by atoms with Crippen LogP contribution in [0.4, 0.5) is 0 Å². The van der Waals surface area contributed by atoms with Gasteiger partial charge in [-0.2, -0.15) is 0 Å². The Morgan fingerprint density at radius 2 is 1.82 bits per heavy atom. The number of rotatable bonds is 6. The summed E-state index contributed by atoms with van der Waals surface area (Å²) in [5.41, 5.74) is 0.831. The summed E-state index contributed by atoms with van der Waals surface area (Å²) in [6.07, 6.45) is 2.66. The molecule has 2 aromatic heterocycles. The van der Waals surface area contributed by atoms with E-state index in [0.717, 1.165) is 0 Å². The summed E-state index contributed by atoms with van der Waals surface area (Å²) < 4.78 is -0.743. The molecule has 3 aromatic rings. The maximum atomic E-state index is 13.4. The average molecular weight is 562 g/mol. The molecule has 3 amide bonds. The average Bonchev–Trinajstić information content (AvgIpc) is 3.14. The molecule has 11 nitrogen and oxygen atoms in total. The van der Waals surface area contributed by atoms with Gasteiger partial charge in [-0.3, -0.25) is 24.4 Å². The number of nitrogens with one attached hydrogen (secondary N) is 2. The van der Waals surface area contributed by atoms with Gasteiger partial charge in [0.15, 0.2) is 5.75 Å². The number of nitrogens with zero attached hydrogens (tertiary/aromatic N) is 3. The molecule has 0 bridgehead atoms. The van der Waals surface area contributed by atoms with Crippen molar-refractivity contribution < 1.29 is 29.4 Å². The standard InChI is InChI=1S/C25H23N5O6S.K.H/c1-25(2)19(24(35)36)30-22(34)17(23(30)37-25)29-21(33)15(12-7-4-3-5-8-12)28-20(32)13-11-27-14-9-6-10-26-16(14)18(13)31;;/h3-11,15,17,19,23H,1-2H3,(H,27,31)(H,28,32)(H,29,33)(H,35,36);;/t15?,17-,19+,23-;;/m1../s1. The van der Waals surface area contributed by atoms with Gasteiger partial charge in [0, 0.05) is 17.1 Å². The topological polar surface area (TPSA) is 162 Å². The number of carbonyl (C=O) groups excluding carboxylic acids is 3. The number of carbonyl (C=O) groups is 4. The number of aromatic hydroxyl groups is 1. The number of fused-ring (bicyclic) bond motifs is 2. The van der Waals surface area contributed by atoms with Crippen LogP contribution in [-0.2, 0) is 14.4 Å². The molecule has 0 saturated carbocycles. The van der Waals surface area contributed by atoms with Gasteiger partial charge < -0.3 is 25.7 Å². The summed E-state index contributed by atoms with van der Waals surface area (Å²) in [4.78, 5) is 60.7. The number of carboxylic acid groups (broad SMARTS) is 1. The van der Waals surface area contributed by atoms with E-state index in [1.807, 2.05) is 0 Å². The molecule has 5 rings (SSSR count). The van der Waals surface area contributed by atoms with Crippen LogP contribution in [0.5, 0.6) is 5.75 Å². The van der Waals surface area contributed by atoms with Gasteiger partial charge in [-0.25, -0.2) is 4.79 Å². The second-order valence-electron chi connectivity index (χ2n) is 9.29. The molecule has 0 spiro atoms. The quantitative estimate of drug-likeness (QED) is 0.252. The van der Waals surface area contributed by atoms with Crippen LogP contribution in [0.25, 0.3) is 11.0 Å². The van der Waals surface area contributed by atoms with Crippen molar-refractivity contribution in [2.45, 2.75) is 42.1 Å². The summed E-state index contributed by atoms with van der Waals surface area (Å²) in [6.45, 7) is 3.49. The summed E-state index contributed by atoms with van der Waals surface area (Å²) in [6, 6.07) is 8.57. The number of β-lactam (4-membered cyclic amide) rings is 1. The fraction of sp³-hybridized carbons (Fsp3) is 0.280. The van der Waals surface area contributed by atoms with Crippen molar-refractivity contribution in [1.29, 1.82) is 0 Å². The fourth-order valence-corrected chi connectivity index (χ4v) is 6.33. The van der Waals surface area contributed by atoms with Crippen LogP contribution < -0.4 is 10.6 Å². The van der Waals surface area contributed by atoms with Gasteiger partial charge in [0.2, 0.25) is 11.8 Å². The molecule has 4 atom stereocenters. The van der Waals surface area contributed by atoms with E-state index >= 15 is 0 Å². The molecule has 192 valence electrons. The minimum atomic E-state index is -1.20. The van der Waals surface area contributed by atoms with Crippen LogP contribution in [0.2, 0.25) is 0 Å². The van der Waals surface area contributed by atoms with Crippen molar-refractivity contribution in [3.05, 3.63) is 66.0 Å². The zero-order valence-electron chi connectivity index (χ0n) is 19.8. The van der Waals surface area contributed by atoms with Crippen molar-refractivity contribution in [1.82, 2.24) is 25.5 Å². The molecule has 4 heterocycles. The van der Waals surface area contributed by atoms with E-state index in [1.165, 1.54) is 29.1 Å². The molecule has 1 aromatic carbocycles. The monoisotopic (exact) mass is 561 g/mol. The normalized spacial score (nSPS) is 22.0. The van der Waals surface area contributed by atoms with Gasteiger partial charge in [-0.1, -0.05) is 30.3 Å². The van der Waals surface area contributed by atoms with E-state index in [2.05, 4.69) is 20.6 Å². The maximum absolute atomic E-state index is 13.4. The van der Waals surface area contributed by atoms with E-state index in [1.54, 1.807) is 56.3 Å². The van der Waals surface area contributed by atoms with E-state index in [0.29, 0.717) is 11.1 Å². The van der Waals surface area contributed by atoms with Crippen LogP contribution >= 0.6 is 11.8 Å². The predicted molar refractivity (Wildman–Crippen MR) is 141 cm³/mol. The van der Waals surface area contributed by atoms with Crippen LogP contribution in [0.3, 0.4) is 0 Å². The number of aromatic nitrogens is 2. The Kier molecular flexibility index (Phi) is 8.16. The summed E-state index contributed by atoms with van der Waals surface area (Å²) in [5.74, 6) is -3.38. The van der Waals surface area contributed by atoms with Crippen molar-refractivity contribution in [2.75, 3.05) is 0 Å². The summed E-state index contributed by atoms with van der Waals surface area (Å²) >= 11 is 1.30. The van der Waals surface area contributed by atoms with E-state index in [4.69, 9.17) is 0 Å². The number of carboxylic acids is 1. The Bertz CT molecular complexity index is 1440. The Labute approximate surface area is 264 Å². The Morgan fingerprint density at radius 3 is 2.50 bits per heavy atom. The van der Waals surface area contributed by atoms with Crippen molar-refractivity contribution in [3.8, 4) is 5.75 Å². The molecule has 13 heteroatoms. The Hall–Kier alpha value is -2.55. The molecule has 0 aliphatic carbocycles. The van der Waals surface area contributed by atoms with Gasteiger partial charge in [-0.05, 0) is 31.5 Å². The number of hydrogen-bond acceptors (Lipinski definition) is 8. The van der Waals surface area contributed by atoms with E-state index in [-0.39, 0.29) is 68.2 Å². The van der Waals surface area contributed by atoms with Crippen molar-refractivity contribution >= 4 is 97.9 Å². The first-order valence-electron chi connectivity index (χ1n) is 11.4. The van der Waals surface area contributed by atoms with Gasteiger partial charge in [0.05, 0.1) is 5.52 Å². The number of pyridine rings is 2. The minimum absolute atomic E-state index is 0. The second-order valence-corrected chi connectivity index (χ2v) is 11.1. The molecular formula is C25H24KN5O6S. The first kappa shape index (κ1) is 28.5. The third kappa shape index (κ3) is 4.94. The zero-order valence-corrected chi connectivity index (χ0v) is 20.6. The molecule has 2 aliphatic rings. The van der Waals surface area contributed by atoms with E-state index in [9.17, 15) is 29.4 Å². The van der Waals surface area contributed by atoms with Crippen LogP contribution in [0.1, 0.15) is 35.8 Å². The van der Waals surface area contributed by atoms with Gasteiger partial charge in [0.1, 0.15) is 34.6 Å². The van der Waals surface area contributed by atoms with E-state index < -0.39 is 51.9 Å². The first-order chi connectivity index (χ1) is 17.6. The molecular weight excluding hydrogens is 537 g/mol. The number of aliphatic carboxylic acids is 1. The van der Waals surface area contributed by atoms with Gasteiger partial charge >= 0.3 is 57.4 Å². The summed E-state index contributed by atoms with van der Waals surface area (Å²) in [5, 5.41) is 25.0. The predicted octanol–water partition coefficient (Wildman–Crippen LogP) is 0.790. The molecule has 1 unspecified atom stereocenters. The Morgan fingerprint density at radius 1 is 1.11 bits per heavy atom. The summed E-state index contributed by atoms with van der Waals surface area (Å²) in [7, 11) is 0. The van der Waals surface area contributed by atoms with Crippen LogP contribution in [0, 0.1) is 0 Å². The van der Waals surface area contributed by atoms with Gasteiger partial charge in [-0.15, -0.1) is 11.8 Å². The van der Waals surface area contributed by atoms with Gasteiger partial charge in [0.25, 0.3) is 5.91 Å². The molecule has 2 saturated heterocycles. The second kappa shape index (κ2) is 10.9. The number of benzene rings is 1. The van der Waals surface area contributed by atoms with Crippen LogP contribution in [0.15, 0.2) is 54.9 Å². The zero-order chi connectivity index (χ0) is 26.5. The molecule has 38 heavy (non-hydrogen) atoms. The van der Waals surface area contributed by atoms with Crippen molar-refractivity contribution in [3.63, 3.8) is 0 Å². The molecule has 2 aliphatic heterocycles. The fourth-order valence-electron chi connectivity index (χ4n) is 4.71. The molecule has 2 fully saturated rings. The number of hydrogen-bond donors (Lipinski definition) is 4. The third-order valence-electron chi connectivity index (χ3n) is 6.49.